The van der Waals surface area contributed by atoms with Gasteiger partial charge in [-0.3, -0.25) is 0 Å². The smallest absolute Gasteiger partial charge is 0.0125 e. The molecule has 1 atom stereocenters. The Balaban J connectivity index is 3.46. The van der Waals surface area contributed by atoms with Crippen LogP contribution in [0.2, 0.25) is 0 Å². The van der Waals surface area contributed by atoms with Gasteiger partial charge in [0.25, 0.3) is 0 Å². The molecular weight excluding hydrogens is 146 g/mol. The lowest BCUT2D eigenvalue weighted by molar-refractivity contribution is 0.367. The number of hydrogen-bond acceptors (Lipinski definition) is 1. The van der Waals surface area contributed by atoms with Crippen molar-refractivity contribution < 1.29 is 0 Å². The summed E-state index contributed by atoms with van der Waals surface area (Å²) in [6.45, 7) is 8.92. The van der Waals surface area contributed by atoms with Crippen molar-refractivity contribution in [2.24, 2.45) is 11.7 Å². The van der Waals surface area contributed by atoms with Gasteiger partial charge in [-0.25, -0.2) is 0 Å². The maximum atomic E-state index is 6.11. The molecule has 74 valence electrons. The molecule has 0 heterocycles. The van der Waals surface area contributed by atoms with E-state index in [1.807, 2.05) is 0 Å². The topological polar surface area (TPSA) is 26.0 Å². The third-order valence-electron chi connectivity index (χ3n) is 2.35. The van der Waals surface area contributed by atoms with E-state index in [1.165, 1.54) is 25.7 Å². The first-order chi connectivity index (χ1) is 5.48. The second kappa shape index (κ2) is 5.58. The number of nitrogens with two attached hydrogens (primary N) is 1. The molecule has 0 aliphatic rings. The Kier molecular flexibility index (Phi) is 5.56. The summed E-state index contributed by atoms with van der Waals surface area (Å²) in [6, 6.07) is 0. The molecule has 0 saturated carbocycles. The Labute approximate surface area is 77.7 Å². The van der Waals surface area contributed by atoms with Gasteiger partial charge in [0.05, 0.1) is 0 Å². The van der Waals surface area contributed by atoms with Crippen molar-refractivity contribution in [3.05, 3.63) is 0 Å². The zero-order valence-corrected chi connectivity index (χ0v) is 9.19. The molecule has 0 aromatic heterocycles. The highest BCUT2D eigenvalue weighted by Gasteiger charge is 2.16. The van der Waals surface area contributed by atoms with E-state index in [2.05, 4.69) is 27.7 Å². The SMILES string of the molecule is CCCC(C)(N)CCCC(C)C. The molecule has 12 heavy (non-hydrogen) atoms. The molecule has 0 amide bonds. The molecular formula is C11H25N. The number of hydrogen-bond donors (Lipinski definition) is 1. The fourth-order valence-electron chi connectivity index (χ4n) is 1.61. The summed E-state index contributed by atoms with van der Waals surface area (Å²) in [5.74, 6) is 0.822. The monoisotopic (exact) mass is 171 g/mol. The van der Waals surface area contributed by atoms with Gasteiger partial charge in [0, 0.05) is 5.54 Å². The van der Waals surface area contributed by atoms with Gasteiger partial charge in [0.1, 0.15) is 0 Å². The second-order valence-corrected chi connectivity index (χ2v) is 4.69. The van der Waals surface area contributed by atoms with Crippen LogP contribution in [0, 0.1) is 5.92 Å². The van der Waals surface area contributed by atoms with Gasteiger partial charge in [0.15, 0.2) is 0 Å². The van der Waals surface area contributed by atoms with E-state index < -0.39 is 0 Å². The lowest BCUT2D eigenvalue weighted by Crippen LogP contribution is -2.35. The van der Waals surface area contributed by atoms with Crippen LogP contribution in [0.4, 0.5) is 0 Å². The van der Waals surface area contributed by atoms with Gasteiger partial charge >= 0.3 is 0 Å². The van der Waals surface area contributed by atoms with Crippen molar-refractivity contribution in [3.8, 4) is 0 Å². The van der Waals surface area contributed by atoms with Gasteiger partial charge in [-0.15, -0.1) is 0 Å². The highest BCUT2D eigenvalue weighted by atomic mass is 14.7. The van der Waals surface area contributed by atoms with Crippen molar-refractivity contribution in [2.75, 3.05) is 0 Å². The summed E-state index contributed by atoms with van der Waals surface area (Å²) in [4.78, 5) is 0. The highest BCUT2D eigenvalue weighted by Crippen LogP contribution is 2.18. The molecule has 0 aliphatic heterocycles. The van der Waals surface area contributed by atoms with Crippen LogP contribution in [0.3, 0.4) is 0 Å². The summed E-state index contributed by atoms with van der Waals surface area (Å²) < 4.78 is 0. The summed E-state index contributed by atoms with van der Waals surface area (Å²) in [5.41, 5.74) is 6.20. The zero-order chi connectivity index (χ0) is 9.61. The predicted molar refractivity (Wildman–Crippen MR) is 56.2 cm³/mol. The molecule has 0 aliphatic carbocycles. The van der Waals surface area contributed by atoms with Crippen LogP contribution < -0.4 is 5.73 Å². The van der Waals surface area contributed by atoms with Crippen LogP contribution >= 0.6 is 0 Å². The normalized spacial score (nSPS) is 16.5. The standard InChI is InChI=1S/C11H25N/c1-5-8-11(4,12)9-6-7-10(2)3/h10H,5-9,12H2,1-4H3. The van der Waals surface area contributed by atoms with E-state index in [1.54, 1.807) is 0 Å². The molecule has 1 nitrogen and oxygen atoms in total. The van der Waals surface area contributed by atoms with Gasteiger partial charge in [-0.05, 0) is 25.7 Å². The molecule has 0 bridgehead atoms. The van der Waals surface area contributed by atoms with E-state index in [-0.39, 0.29) is 5.54 Å². The van der Waals surface area contributed by atoms with Gasteiger partial charge in [-0.1, -0.05) is 40.0 Å². The summed E-state index contributed by atoms with van der Waals surface area (Å²) in [6.07, 6.45) is 6.14. The molecule has 0 rings (SSSR count). The summed E-state index contributed by atoms with van der Waals surface area (Å²) in [5, 5.41) is 0. The number of rotatable bonds is 6. The van der Waals surface area contributed by atoms with Crippen molar-refractivity contribution in [3.63, 3.8) is 0 Å². The molecule has 0 radical (unpaired) electrons. The summed E-state index contributed by atoms with van der Waals surface area (Å²) in [7, 11) is 0. The Hall–Kier alpha value is -0.0400. The van der Waals surface area contributed by atoms with Gasteiger partial charge in [-0.2, -0.15) is 0 Å². The minimum Gasteiger partial charge on any atom is -0.325 e. The minimum absolute atomic E-state index is 0.0869. The van der Waals surface area contributed by atoms with Gasteiger partial charge < -0.3 is 5.73 Å². The maximum absolute atomic E-state index is 6.11. The first kappa shape index (κ1) is 12.0. The lowest BCUT2D eigenvalue weighted by atomic mass is 9.90. The maximum Gasteiger partial charge on any atom is 0.0125 e. The Morgan fingerprint density at radius 3 is 2.25 bits per heavy atom. The molecule has 1 heteroatoms. The molecule has 1 unspecified atom stereocenters. The average molecular weight is 171 g/mol. The largest absolute Gasteiger partial charge is 0.325 e. The summed E-state index contributed by atoms with van der Waals surface area (Å²) >= 11 is 0. The van der Waals surface area contributed by atoms with E-state index in [0.29, 0.717) is 0 Å². The fraction of sp³-hybridized carbons (Fsp3) is 1.00. The van der Waals surface area contributed by atoms with Crippen LogP contribution in [-0.2, 0) is 0 Å². The van der Waals surface area contributed by atoms with E-state index in [0.717, 1.165) is 12.3 Å². The second-order valence-electron chi connectivity index (χ2n) is 4.69. The van der Waals surface area contributed by atoms with Crippen molar-refractivity contribution >= 4 is 0 Å². The first-order valence-electron chi connectivity index (χ1n) is 5.27. The Bertz CT molecular complexity index is 106. The quantitative estimate of drug-likeness (QED) is 0.652. The Morgan fingerprint density at radius 1 is 1.25 bits per heavy atom. The van der Waals surface area contributed by atoms with Crippen molar-refractivity contribution in [2.45, 2.75) is 65.3 Å². The van der Waals surface area contributed by atoms with Crippen LogP contribution in [0.1, 0.15) is 59.8 Å². The fourth-order valence-corrected chi connectivity index (χ4v) is 1.61. The zero-order valence-electron chi connectivity index (χ0n) is 9.19. The molecule has 0 saturated heterocycles. The van der Waals surface area contributed by atoms with E-state index in [9.17, 15) is 0 Å². The van der Waals surface area contributed by atoms with Crippen LogP contribution in [-0.4, -0.2) is 5.54 Å². The highest BCUT2D eigenvalue weighted by molar-refractivity contribution is 4.77. The molecule has 0 aromatic carbocycles. The van der Waals surface area contributed by atoms with Crippen molar-refractivity contribution in [1.82, 2.24) is 0 Å². The predicted octanol–water partition coefficient (Wildman–Crippen LogP) is 3.33. The Morgan fingerprint density at radius 2 is 1.83 bits per heavy atom. The molecule has 2 N–H and O–H groups in total. The lowest BCUT2D eigenvalue weighted by Gasteiger charge is -2.24. The third kappa shape index (κ3) is 6.66. The van der Waals surface area contributed by atoms with Crippen LogP contribution in [0.5, 0.6) is 0 Å². The van der Waals surface area contributed by atoms with Crippen LogP contribution in [0.15, 0.2) is 0 Å². The molecule has 0 aromatic rings. The third-order valence-corrected chi connectivity index (χ3v) is 2.35. The van der Waals surface area contributed by atoms with Crippen LogP contribution in [0.25, 0.3) is 0 Å². The van der Waals surface area contributed by atoms with Gasteiger partial charge in [0.2, 0.25) is 0 Å². The minimum atomic E-state index is 0.0869. The average Bonchev–Trinajstić information content (AvgIpc) is 1.85. The van der Waals surface area contributed by atoms with E-state index in [4.69, 9.17) is 5.73 Å². The van der Waals surface area contributed by atoms with Crippen molar-refractivity contribution in [1.29, 1.82) is 0 Å². The first-order valence-corrected chi connectivity index (χ1v) is 5.27. The van der Waals surface area contributed by atoms with E-state index >= 15 is 0 Å². The molecule has 0 fully saturated rings. The molecule has 0 spiro atoms.